The molecule has 2 rings (SSSR count). The zero-order valence-electron chi connectivity index (χ0n) is 8.07. The molecule has 0 spiro atoms. The van der Waals surface area contributed by atoms with Gasteiger partial charge in [0, 0.05) is 13.1 Å². The Kier molecular flexibility index (Phi) is 2.28. The Labute approximate surface area is 78.7 Å². The Bertz CT molecular complexity index is 209. The monoisotopic (exact) mass is 183 g/mol. The molecule has 0 aromatic carbocycles. The molecular weight excluding hydrogens is 166 g/mol. The highest BCUT2D eigenvalue weighted by Gasteiger charge is 2.38. The summed E-state index contributed by atoms with van der Waals surface area (Å²) in [6.07, 6.45) is 2.72. The molecule has 2 aliphatic rings. The van der Waals surface area contributed by atoms with Gasteiger partial charge < -0.3 is 10.0 Å². The third-order valence-corrected chi connectivity index (χ3v) is 3.28. The van der Waals surface area contributed by atoms with Crippen molar-refractivity contribution in [2.75, 3.05) is 13.1 Å². The molecule has 0 aromatic rings. The van der Waals surface area contributed by atoms with Crippen molar-refractivity contribution >= 4 is 5.91 Å². The largest absolute Gasteiger partial charge is 0.383 e. The standard InChI is InChI=1S/C10H17NO2/c1-7(8-3-4-8)9(12)10(13)11-5-2-6-11/h7-9,12H,2-6H2,1H3/t7-,9-/m1/s1. The SMILES string of the molecule is C[C@H](C1CC1)[C@@H](O)C(=O)N1CCC1. The lowest BCUT2D eigenvalue weighted by atomic mass is 9.97. The average molecular weight is 183 g/mol. The minimum Gasteiger partial charge on any atom is -0.383 e. The summed E-state index contributed by atoms with van der Waals surface area (Å²) < 4.78 is 0. The van der Waals surface area contributed by atoms with Crippen LogP contribution >= 0.6 is 0 Å². The highest BCUT2D eigenvalue weighted by atomic mass is 16.3. The van der Waals surface area contributed by atoms with Gasteiger partial charge in [-0.15, -0.1) is 0 Å². The van der Waals surface area contributed by atoms with E-state index in [-0.39, 0.29) is 11.8 Å². The topological polar surface area (TPSA) is 40.5 Å². The van der Waals surface area contributed by atoms with E-state index in [1.807, 2.05) is 6.92 Å². The molecule has 1 N–H and O–H groups in total. The highest BCUT2D eigenvalue weighted by molar-refractivity contribution is 5.81. The van der Waals surface area contributed by atoms with Crippen molar-refractivity contribution in [3.05, 3.63) is 0 Å². The summed E-state index contributed by atoms with van der Waals surface area (Å²) in [6, 6.07) is 0. The summed E-state index contributed by atoms with van der Waals surface area (Å²) >= 11 is 0. The average Bonchev–Trinajstić information content (AvgIpc) is 2.80. The number of likely N-dealkylation sites (tertiary alicyclic amines) is 1. The second-order valence-electron chi connectivity index (χ2n) is 4.32. The summed E-state index contributed by atoms with van der Waals surface area (Å²) in [5, 5.41) is 9.74. The maximum absolute atomic E-state index is 11.6. The molecule has 2 atom stereocenters. The number of hydrogen-bond donors (Lipinski definition) is 1. The summed E-state index contributed by atoms with van der Waals surface area (Å²) in [4.78, 5) is 13.3. The molecule has 1 heterocycles. The molecule has 1 aliphatic heterocycles. The molecule has 74 valence electrons. The Morgan fingerprint density at radius 3 is 2.46 bits per heavy atom. The molecule has 2 fully saturated rings. The first-order chi connectivity index (χ1) is 6.20. The number of rotatable bonds is 3. The Morgan fingerprint density at radius 1 is 1.46 bits per heavy atom. The van der Waals surface area contributed by atoms with E-state index in [1.165, 1.54) is 12.8 Å². The fraction of sp³-hybridized carbons (Fsp3) is 0.900. The summed E-state index contributed by atoms with van der Waals surface area (Å²) in [7, 11) is 0. The predicted octanol–water partition coefficient (Wildman–Crippen LogP) is 0.626. The van der Waals surface area contributed by atoms with Crippen LogP contribution in [0, 0.1) is 11.8 Å². The number of hydrogen-bond acceptors (Lipinski definition) is 2. The molecule has 3 nitrogen and oxygen atoms in total. The Balaban J connectivity index is 1.86. The van der Waals surface area contributed by atoms with Gasteiger partial charge in [-0.25, -0.2) is 0 Å². The van der Waals surface area contributed by atoms with Crippen LogP contribution in [0.15, 0.2) is 0 Å². The van der Waals surface area contributed by atoms with Gasteiger partial charge in [0.15, 0.2) is 0 Å². The van der Waals surface area contributed by atoms with Crippen molar-refractivity contribution in [1.29, 1.82) is 0 Å². The lowest BCUT2D eigenvalue weighted by Gasteiger charge is -2.34. The van der Waals surface area contributed by atoms with Crippen molar-refractivity contribution in [3.8, 4) is 0 Å². The molecule has 1 saturated heterocycles. The van der Waals surface area contributed by atoms with Crippen LogP contribution in [0.1, 0.15) is 26.2 Å². The van der Waals surface area contributed by atoms with Gasteiger partial charge in [-0.05, 0) is 31.1 Å². The molecular formula is C10H17NO2. The number of carbonyl (C=O) groups excluding carboxylic acids is 1. The van der Waals surface area contributed by atoms with Crippen LogP contribution in [0.4, 0.5) is 0 Å². The third-order valence-electron chi connectivity index (χ3n) is 3.28. The summed E-state index contributed by atoms with van der Waals surface area (Å²) in [6.45, 7) is 3.67. The smallest absolute Gasteiger partial charge is 0.251 e. The van der Waals surface area contributed by atoms with Gasteiger partial charge >= 0.3 is 0 Å². The number of aliphatic hydroxyl groups is 1. The summed E-state index contributed by atoms with van der Waals surface area (Å²) in [5.41, 5.74) is 0. The van der Waals surface area contributed by atoms with Gasteiger partial charge in [0.05, 0.1) is 0 Å². The molecule has 1 saturated carbocycles. The number of aliphatic hydroxyl groups excluding tert-OH is 1. The maximum atomic E-state index is 11.6. The molecule has 0 bridgehead atoms. The number of carbonyl (C=O) groups is 1. The molecule has 0 radical (unpaired) electrons. The normalized spacial score (nSPS) is 26.5. The van der Waals surface area contributed by atoms with E-state index in [1.54, 1.807) is 4.90 Å². The van der Waals surface area contributed by atoms with Crippen LogP contribution in [0.3, 0.4) is 0 Å². The van der Waals surface area contributed by atoms with Gasteiger partial charge in [-0.2, -0.15) is 0 Å². The number of nitrogens with zero attached hydrogens (tertiary/aromatic N) is 1. The molecule has 0 aromatic heterocycles. The second kappa shape index (κ2) is 3.29. The summed E-state index contributed by atoms with van der Waals surface area (Å²) in [5.74, 6) is 0.707. The first-order valence-electron chi connectivity index (χ1n) is 5.17. The van der Waals surface area contributed by atoms with E-state index in [9.17, 15) is 9.90 Å². The van der Waals surface area contributed by atoms with E-state index in [0.717, 1.165) is 19.5 Å². The van der Waals surface area contributed by atoms with Crippen LogP contribution in [0.5, 0.6) is 0 Å². The van der Waals surface area contributed by atoms with E-state index >= 15 is 0 Å². The molecule has 3 heteroatoms. The molecule has 1 aliphatic carbocycles. The molecule has 1 amide bonds. The maximum Gasteiger partial charge on any atom is 0.251 e. The molecule has 0 unspecified atom stereocenters. The van der Waals surface area contributed by atoms with Crippen LogP contribution in [0.2, 0.25) is 0 Å². The van der Waals surface area contributed by atoms with E-state index in [4.69, 9.17) is 0 Å². The van der Waals surface area contributed by atoms with E-state index in [2.05, 4.69) is 0 Å². The third kappa shape index (κ3) is 1.70. The van der Waals surface area contributed by atoms with Crippen molar-refractivity contribution in [2.24, 2.45) is 11.8 Å². The second-order valence-corrected chi connectivity index (χ2v) is 4.32. The van der Waals surface area contributed by atoms with Crippen molar-refractivity contribution in [2.45, 2.75) is 32.3 Å². The van der Waals surface area contributed by atoms with E-state index < -0.39 is 6.10 Å². The fourth-order valence-electron chi connectivity index (χ4n) is 1.83. The highest BCUT2D eigenvalue weighted by Crippen LogP contribution is 2.38. The van der Waals surface area contributed by atoms with E-state index in [0.29, 0.717) is 5.92 Å². The first-order valence-corrected chi connectivity index (χ1v) is 5.17. The van der Waals surface area contributed by atoms with Crippen molar-refractivity contribution < 1.29 is 9.90 Å². The predicted molar refractivity (Wildman–Crippen MR) is 49.1 cm³/mol. The van der Waals surface area contributed by atoms with Crippen molar-refractivity contribution in [1.82, 2.24) is 4.90 Å². The van der Waals surface area contributed by atoms with Crippen LogP contribution in [0.25, 0.3) is 0 Å². The Hall–Kier alpha value is -0.570. The Morgan fingerprint density at radius 2 is 2.08 bits per heavy atom. The first kappa shape index (κ1) is 9.00. The number of amides is 1. The zero-order chi connectivity index (χ0) is 9.42. The lowest BCUT2D eigenvalue weighted by molar-refractivity contribution is -0.146. The van der Waals surface area contributed by atoms with Crippen LogP contribution in [-0.4, -0.2) is 35.1 Å². The lowest BCUT2D eigenvalue weighted by Crippen LogP contribution is -2.49. The van der Waals surface area contributed by atoms with Gasteiger partial charge in [-0.3, -0.25) is 4.79 Å². The minimum atomic E-state index is -0.743. The van der Waals surface area contributed by atoms with Gasteiger partial charge in [0.25, 0.3) is 5.91 Å². The molecule has 13 heavy (non-hydrogen) atoms. The van der Waals surface area contributed by atoms with Gasteiger partial charge in [-0.1, -0.05) is 6.92 Å². The fourth-order valence-corrected chi connectivity index (χ4v) is 1.83. The van der Waals surface area contributed by atoms with Gasteiger partial charge in [0.1, 0.15) is 6.10 Å². The minimum absolute atomic E-state index is 0.0503. The van der Waals surface area contributed by atoms with Gasteiger partial charge in [0.2, 0.25) is 0 Å². The zero-order valence-corrected chi connectivity index (χ0v) is 8.07. The van der Waals surface area contributed by atoms with Crippen molar-refractivity contribution in [3.63, 3.8) is 0 Å². The van der Waals surface area contributed by atoms with Crippen LogP contribution < -0.4 is 0 Å². The quantitative estimate of drug-likeness (QED) is 0.697. The van der Waals surface area contributed by atoms with Crippen LogP contribution in [-0.2, 0) is 4.79 Å².